The Hall–Kier alpha value is -2.41. The lowest BCUT2D eigenvalue weighted by Crippen LogP contribution is -2.48. The average molecular weight is 385 g/mol. The van der Waals surface area contributed by atoms with Gasteiger partial charge in [0.2, 0.25) is 5.91 Å². The van der Waals surface area contributed by atoms with E-state index in [1.165, 1.54) is 0 Å². The number of para-hydroxylation sites is 1. The number of likely N-dealkylation sites (N-methyl/N-ethyl adjacent to an activating group) is 1. The molecule has 6 nitrogen and oxygen atoms in total. The van der Waals surface area contributed by atoms with Crippen LogP contribution in [0.25, 0.3) is 0 Å². The van der Waals surface area contributed by atoms with E-state index in [4.69, 9.17) is 11.6 Å². The van der Waals surface area contributed by atoms with Crippen molar-refractivity contribution in [1.29, 1.82) is 0 Å². The molecule has 7 heteroatoms. The molecule has 140 valence electrons. The third-order valence-corrected chi connectivity index (χ3v) is 5.28. The third-order valence-electron chi connectivity index (χ3n) is 5.04. The van der Waals surface area contributed by atoms with Gasteiger partial charge in [0.05, 0.1) is 29.2 Å². The molecule has 0 saturated carbocycles. The maximum atomic E-state index is 13.3. The van der Waals surface area contributed by atoms with Crippen LogP contribution in [0.5, 0.6) is 0 Å². The fraction of sp³-hybridized carbons (Fsp3) is 0.300. The Morgan fingerprint density at radius 3 is 2.59 bits per heavy atom. The molecule has 0 atom stereocenters. The van der Waals surface area contributed by atoms with Gasteiger partial charge in [0.1, 0.15) is 0 Å². The van der Waals surface area contributed by atoms with E-state index in [9.17, 15) is 9.59 Å². The molecular formula is C20H21ClN4O2. The molecule has 4 rings (SSSR count). The normalized spacial score (nSPS) is 17.7. The Morgan fingerprint density at radius 1 is 1.07 bits per heavy atom. The van der Waals surface area contributed by atoms with Crippen molar-refractivity contribution in [2.45, 2.75) is 0 Å². The number of amides is 2. The van der Waals surface area contributed by atoms with Crippen molar-refractivity contribution in [1.82, 2.24) is 9.80 Å². The highest BCUT2D eigenvalue weighted by Crippen LogP contribution is 2.39. The lowest BCUT2D eigenvalue weighted by Gasteiger charge is -2.33. The van der Waals surface area contributed by atoms with Crippen molar-refractivity contribution in [3.63, 3.8) is 0 Å². The summed E-state index contributed by atoms with van der Waals surface area (Å²) >= 11 is 6.12. The summed E-state index contributed by atoms with van der Waals surface area (Å²) in [7, 11) is 2.08. The summed E-state index contributed by atoms with van der Waals surface area (Å²) in [6.45, 7) is 3.88. The van der Waals surface area contributed by atoms with Gasteiger partial charge in [0.15, 0.2) is 0 Å². The minimum absolute atomic E-state index is 0.0629. The summed E-state index contributed by atoms with van der Waals surface area (Å²) in [5.41, 5.74) is 2.24. The SMILES string of the molecule is CN1CCN(CC(=O)N2c3ccc(Cl)cc3NC(=O)c3ccccc32)CC1. The predicted octanol–water partition coefficient (Wildman–Crippen LogP) is 2.82. The van der Waals surface area contributed by atoms with Crippen LogP contribution >= 0.6 is 11.6 Å². The van der Waals surface area contributed by atoms with E-state index >= 15 is 0 Å². The Labute approximate surface area is 163 Å². The zero-order valence-electron chi connectivity index (χ0n) is 15.1. The number of nitrogens with one attached hydrogen (secondary N) is 1. The van der Waals surface area contributed by atoms with E-state index in [0.29, 0.717) is 34.2 Å². The number of rotatable bonds is 2. The molecule has 2 amide bonds. The number of carbonyl (C=O) groups excluding carboxylic acids is 2. The van der Waals surface area contributed by atoms with Gasteiger partial charge in [-0.3, -0.25) is 19.4 Å². The first kappa shape index (κ1) is 18.0. The van der Waals surface area contributed by atoms with Crippen LogP contribution in [0.2, 0.25) is 5.02 Å². The molecule has 0 aliphatic carbocycles. The molecule has 2 aliphatic rings. The van der Waals surface area contributed by atoms with Crippen molar-refractivity contribution in [3.05, 3.63) is 53.1 Å². The lowest BCUT2D eigenvalue weighted by atomic mass is 10.1. The molecule has 2 heterocycles. The summed E-state index contributed by atoms with van der Waals surface area (Å²) in [5, 5.41) is 3.38. The van der Waals surface area contributed by atoms with Crippen molar-refractivity contribution < 1.29 is 9.59 Å². The van der Waals surface area contributed by atoms with Crippen molar-refractivity contribution in [2.24, 2.45) is 0 Å². The second-order valence-electron chi connectivity index (χ2n) is 6.94. The first-order valence-corrected chi connectivity index (χ1v) is 9.34. The molecule has 0 unspecified atom stereocenters. The summed E-state index contributed by atoms with van der Waals surface area (Å²) in [4.78, 5) is 32.0. The highest BCUT2D eigenvalue weighted by Gasteiger charge is 2.30. The van der Waals surface area contributed by atoms with Gasteiger partial charge in [-0.25, -0.2) is 0 Å². The number of hydrogen-bond donors (Lipinski definition) is 1. The van der Waals surface area contributed by atoms with Crippen molar-refractivity contribution in [3.8, 4) is 0 Å². The number of anilines is 3. The van der Waals surface area contributed by atoms with Crippen LogP contribution in [0.15, 0.2) is 42.5 Å². The average Bonchev–Trinajstić information content (AvgIpc) is 2.77. The van der Waals surface area contributed by atoms with Gasteiger partial charge in [-0.05, 0) is 37.4 Å². The van der Waals surface area contributed by atoms with Crippen molar-refractivity contribution >= 4 is 40.5 Å². The van der Waals surface area contributed by atoms with E-state index in [1.54, 1.807) is 41.3 Å². The first-order chi connectivity index (χ1) is 13.0. The molecule has 27 heavy (non-hydrogen) atoms. The smallest absolute Gasteiger partial charge is 0.257 e. The molecule has 0 aromatic heterocycles. The number of hydrogen-bond acceptors (Lipinski definition) is 4. The zero-order chi connectivity index (χ0) is 19.0. The highest BCUT2D eigenvalue weighted by atomic mass is 35.5. The number of benzene rings is 2. The minimum atomic E-state index is -0.246. The summed E-state index contributed by atoms with van der Waals surface area (Å²) < 4.78 is 0. The molecule has 1 N–H and O–H groups in total. The molecule has 0 bridgehead atoms. The molecule has 1 saturated heterocycles. The van der Waals surface area contributed by atoms with Gasteiger partial charge in [-0.15, -0.1) is 0 Å². The second-order valence-corrected chi connectivity index (χ2v) is 7.38. The van der Waals surface area contributed by atoms with E-state index in [2.05, 4.69) is 22.2 Å². The van der Waals surface area contributed by atoms with Gasteiger partial charge in [-0.1, -0.05) is 23.7 Å². The fourth-order valence-electron chi connectivity index (χ4n) is 3.52. The molecule has 0 spiro atoms. The third kappa shape index (κ3) is 3.56. The Kier molecular flexibility index (Phi) is 4.86. The van der Waals surface area contributed by atoms with Gasteiger partial charge < -0.3 is 10.2 Å². The van der Waals surface area contributed by atoms with Gasteiger partial charge >= 0.3 is 0 Å². The largest absolute Gasteiger partial charge is 0.320 e. The Balaban J connectivity index is 1.73. The van der Waals surface area contributed by atoms with Crippen LogP contribution in [0, 0.1) is 0 Å². The quantitative estimate of drug-likeness (QED) is 0.865. The second kappa shape index (κ2) is 7.31. The monoisotopic (exact) mass is 384 g/mol. The van der Waals surface area contributed by atoms with Crippen LogP contribution < -0.4 is 10.2 Å². The molecule has 2 aliphatic heterocycles. The maximum absolute atomic E-state index is 13.3. The van der Waals surface area contributed by atoms with E-state index < -0.39 is 0 Å². The maximum Gasteiger partial charge on any atom is 0.257 e. The topological polar surface area (TPSA) is 55.9 Å². The highest BCUT2D eigenvalue weighted by molar-refractivity contribution is 6.31. The van der Waals surface area contributed by atoms with Crippen LogP contribution in [-0.4, -0.2) is 61.4 Å². The van der Waals surface area contributed by atoms with E-state index in [1.807, 2.05) is 6.07 Å². The Morgan fingerprint density at radius 2 is 1.81 bits per heavy atom. The van der Waals surface area contributed by atoms with E-state index in [-0.39, 0.29) is 11.8 Å². The fourth-order valence-corrected chi connectivity index (χ4v) is 3.69. The minimum Gasteiger partial charge on any atom is -0.320 e. The van der Waals surface area contributed by atoms with Gasteiger partial charge in [-0.2, -0.15) is 0 Å². The predicted molar refractivity (Wildman–Crippen MR) is 107 cm³/mol. The molecule has 2 aromatic rings. The standard InChI is InChI=1S/C20H21ClN4O2/c1-23-8-10-24(11-9-23)13-19(26)25-17-5-3-2-4-15(17)20(27)22-16-12-14(21)6-7-18(16)25/h2-7,12H,8-11,13H2,1H3,(H,22,27). The van der Waals surface area contributed by atoms with E-state index in [0.717, 1.165) is 26.2 Å². The van der Waals surface area contributed by atoms with Crippen LogP contribution in [0.4, 0.5) is 17.1 Å². The van der Waals surface area contributed by atoms with Crippen LogP contribution in [0.3, 0.4) is 0 Å². The Bertz CT molecular complexity index is 893. The number of halogens is 1. The summed E-state index contributed by atoms with van der Waals surface area (Å²) in [6.07, 6.45) is 0. The molecule has 1 fully saturated rings. The zero-order valence-corrected chi connectivity index (χ0v) is 15.9. The lowest BCUT2D eigenvalue weighted by molar-refractivity contribution is -0.119. The van der Waals surface area contributed by atoms with Gasteiger partial charge in [0, 0.05) is 31.2 Å². The molecule has 0 radical (unpaired) electrons. The number of piperazine rings is 1. The van der Waals surface area contributed by atoms with Gasteiger partial charge in [0.25, 0.3) is 5.91 Å². The number of nitrogens with zero attached hydrogens (tertiary/aromatic N) is 3. The summed E-state index contributed by atoms with van der Waals surface area (Å²) in [6, 6.07) is 12.4. The molecular weight excluding hydrogens is 364 g/mol. The van der Waals surface area contributed by atoms with Crippen LogP contribution in [-0.2, 0) is 4.79 Å². The molecule has 2 aromatic carbocycles. The van der Waals surface area contributed by atoms with Crippen molar-refractivity contribution in [2.75, 3.05) is 50.0 Å². The number of carbonyl (C=O) groups is 2. The first-order valence-electron chi connectivity index (χ1n) is 8.97. The van der Waals surface area contributed by atoms with Crippen LogP contribution in [0.1, 0.15) is 10.4 Å². The number of fused-ring (bicyclic) bond motifs is 2. The summed E-state index contributed by atoms with van der Waals surface area (Å²) in [5.74, 6) is -0.309.